The molecule has 1 rings (SSSR count). The molecule has 1 saturated heterocycles. The minimum atomic E-state index is -2.37. The first-order chi connectivity index (χ1) is 5.39. The van der Waals surface area contributed by atoms with Crippen LogP contribution in [0.3, 0.4) is 0 Å². The zero-order chi connectivity index (χ0) is 9.35. The molecule has 0 amide bonds. The molecule has 72 valence electrons. The van der Waals surface area contributed by atoms with Crippen LogP contribution in [0, 0.1) is 0 Å². The van der Waals surface area contributed by atoms with Crippen molar-refractivity contribution in [3.05, 3.63) is 0 Å². The van der Waals surface area contributed by atoms with E-state index in [4.69, 9.17) is 0 Å². The van der Waals surface area contributed by atoms with Crippen LogP contribution in [0.4, 0.5) is 8.78 Å². The quantitative estimate of drug-likeness (QED) is 0.645. The van der Waals surface area contributed by atoms with E-state index in [0.717, 1.165) is 23.5 Å². The number of alkyl halides is 2. The monoisotopic (exact) mass is 232 g/mol. The van der Waals surface area contributed by atoms with Crippen LogP contribution in [-0.4, -0.2) is 28.7 Å². The lowest BCUT2D eigenvalue weighted by atomic mass is 10.5. The summed E-state index contributed by atoms with van der Waals surface area (Å²) < 4.78 is 36.7. The Morgan fingerprint density at radius 2 is 1.67 bits per heavy atom. The Morgan fingerprint density at radius 3 is 2.00 bits per heavy atom. The third kappa shape index (κ3) is 2.93. The normalized spacial score (nSPS) is 38.2. The van der Waals surface area contributed by atoms with Crippen molar-refractivity contribution in [3.8, 4) is 0 Å². The molecule has 0 spiro atoms. The third-order valence-electron chi connectivity index (χ3n) is 1.41. The van der Waals surface area contributed by atoms with Gasteiger partial charge in [-0.15, -0.1) is 23.5 Å². The van der Waals surface area contributed by atoms with Crippen molar-refractivity contribution in [1.82, 2.24) is 0 Å². The van der Waals surface area contributed by atoms with Crippen LogP contribution < -0.4 is 0 Å². The van der Waals surface area contributed by atoms with Gasteiger partial charge in [0.2, 0.25) is 0 Å². The summed E-state index contributed by atoms with van der Waals surface area (Å²) in [4.78, 5) is 0. The van der Waals surface area contributed by atoms with Gasteiger partial charge in [0.1, 0.15) is 11.5 Å². The van der Waals surface area contributed by atoms with E-state index in [9.17, 15) is 13.3 Å². The first kappa shape index (κ1) is 10.9. The van der Waals surface area contributed by atoms with Gasteiger partial charge in [-0.3, -0.25) is 0 Å². The lowest BCUT2D eigenvalue weighted by Gasteiger charge is -2.28. The summed E-state index contributed by atoms with van der Waals surface area (Å²) in [6.45, 7) is 3.14. The van der Waals surface area contributed by atoms with Crippen molar-refractivity contribution in [1.29, 1.82) is 0 Å². The summed E-state index contributed by atoms with van der Waals surface area (Å²) in [5, 5.41) is 0. The molecule has 0 aromatic rings. The molecule has 1 aliphatic heterocycles. The summed E-state index contributed by atoms with van der Waals surface area (Å²) in [6, 6.07) is 0. The molecule has 1 nitrogen and oxygen atoms in total. The minimum Gasteiger partial charge on any atom is -0.322 e. The Hall–Kier alpha value is 0.790. The number of halogens is 2. The van der Waals surface area contributed by atoms with E-state index in [2.05, 4.69) is 0 Å². The fraction of sp³-hybridized carbons (Fsp3) is 1.00. The molecule has 0 aromatic heterocycles. The lowest BCUT2D eigenvalue weighted by Crippen LogP contribution is -2.17. The van der Waals surface area contributed by atoms with E-state index in [1.54, 1.807) is 13.3 Å². The van der Waals surface area contributed by atoms with Gasteiger partial charge in [0.05, 0.1) is 0 Å². The maximum Gasteiger partial charge on any atom is 0.151 e. The van der Waals surface area contributed by atoms with Crippen LogP contribution in [0.25, 0.3) is 0 Å². The zero-order valence-corrected chi connectivity index (χ0v) is 9.39. The molecule has 0 saturated carbocycles. The number of hydrogen-bond acceptors (Lipinski definition) is 3. The molecule has 0 radical (unpaired) electrons. The molecule has 1 aliphatic rings. The fourth-order valence-electron chi connectivity index (χ4n) is 0.835. The second kappa shape index (κ2) is 3.89. The largest absolute Gasteiger partial charge is 0.322 e. The van der Waals surface area contributed by atoms with Gasteiger partial charge in [-0.2, -0.15) is 0 Å². The van der Waals surface area contributed by atoms with Crippen LogP contribution >= 0.6 is 30.7 Å². The van der Waals surface area contributed by atoms with E-state index < -0.39 is 22.5 Å². The van der Waals surface area contributed by atoms with Crippen molar-refractivity contribution in [2.45, 2.75) is 21.8 Å². The van der Waals surface area contributed by atoms with Gasteiger partial charge in [0.15, 0.2) is 11.0 Å². The Labute approximate surface area is 79.4 Å². The topological polar surface area (TPSA) is 17.1 Å². The highest BCUT2D eigenvalue weighted by molar-refractivity contribution is 8.25. The molecule has 0 aromatic carbocycles. The SMILES string of the molecule is CP(C)(=O)C1S[C@H](F)C[C@H](F)S1. The number of thioether (sulfide) groups is 2. The number of rotatable bonds is 1. The average molecular weight is 232 g/mol. The number of hydrogen-bond donors (Lipinski definition) is 0. The van der Waals surface area contributed by atoms with E-state index in [0.29, 0.717) is 0 Å². The van der Waals surface area contributed by atoms with Gasteiger partial charge in [0.25, 0.3) is 0 Å². The summed E-state index contributed by atoms with van der Waals surface area (Å²) >= 11 is 1.98. The highest BCUT2D eigenvalue weighted by atomic mass is 32.2. The van der Waals surface area contributed by atoms with Crippen LogP contribution in [-0.2, 0) is 4.57 Å². The van der Waals surface area contributed by atoms with Gasteiger partial charge in [-0.1, -0.05) is 0 Å². The van der Waals surface area contributed by atoms with Crippen LogP contribution in [0.5, 0.6) is 0 Å². The van der Waals surface area contributed by atoms with Crippen molar-refractivity contribution >= 4 is 30.7 Å². The second-order valence-electron chi connectivity index (χ2n) is 3.07. The first-order valence-electron chi connectivity index (χ1n) is 3.53. The smallest absolute Gasteiger partial charge is 0.151 e. The van der Waals surface area contributed by atoms with Crippen molar-refractivity contribution in [2.75, 3.05) is 13.3 Å². The maximum absolute atomic E-state index is 12.8. The summed E-state index contributed by atoms with van der Waals surface area (Å²) in [5.74, 6) is 0. The standard InChI is InChI=1S/C6H11F2OPS2/c1-10(2,9)6-11-4(7)3-5(8)12-6/h4-6H,3H2,1-2H3/t4-,5+,6?. The molecule has 12 heavy (non-hydrogen) atoms. The maximum atomic E-state index is 12.8. The van der Waals surface area contributed by atoms with Crippen molar-refractivity contribution in [2.24, 2.45) is 0 Å². The highest BCUT2D eigenvalue weighted by Crippen LogP contribution is 2.59. The molecule has 0 bridgehead atoms. The summed E-state index contributed by atoms with van der Waals surface area (Å²) in [7, 11) is -2.37. The molecule has 6 heteroatoms. The molecule has 1 fully saturated rings. The Kier molecular flexibility index (Phi) is 3.52. The van der Waals surface area contributed by atoms with Gasteiger partial charge < -0.3 is 4.57 Å². The zero-order valence-electron chi connectivity index (χ0n) is 6.87. The van der Waals surface area contributed by atoms with Crippen LogP contribution in [0.15, 0.2) is 0 Å². The molecule has 1 heterocycles. The molecular weight excluding hydrogens is 221 g/mol. The lowest BCUT2D eigenvalue weighted by molar-refractivity contribution is 0.343. The molecule has 1 unspecified atom stereocenters. The Bertz CT molecular complexity index is 198. The van der Waals surface area contributed by atoms with E-state index in [1.807, 2.05) is 0 Å². The van der Waals surface area contributed by atoms with Crippen LogP contribution in [0.2, 0.25) is 0 Å². The van der Waals surface area contributed by atoms with Crippen molar-refractivity contribution in [3.63, 3.8) is 0 Å². The predicted molar refractivity (Wildman–Crippen MR) is 52.8 cm³/mol. The first-order valence-corrected chi connectivity index (χ1v) is 8.09. The van der Waals surface area contributed by atoms with Gasteiger partial charge >= 0.3 is 0 Å². The fourth-order valence-corrected chi connectivity index (χ4v) is 6.14. The summed E-state index contributed by atoms with van der Waals surface area (Å²) in [6.07, 6.45) is -0.0775. The Morgan fingerprint density at radius 1 is 1.25 bits per heavy atom. The van der Waals surface area contributed by atoms with E-state index >= 15 is 0 Å². The van der Waals surface area contributed by atoms with Crippen molar-refractivity contribution < 1.29 is 13.3 Å². The molecule has 0 N–H and O–H groups in total. The second-order valence-corrected chi connectivity index (χ2v) is 9.96. The van der Waals surface area contributed by atoms with Gasteiger partial charge in [-0.25, -0.2) is 8.78 Å². The highest BCUT2D eigenvalue weighted by Gasteiger charge is 2.36. The molecular formula is C6H11F2OPS2. The predicted octanol–water partition coefficient (Wildman–Crippen LogP) is 3.35. The van der Waals surface area contributed by atoms with E-state index in [-0.39, 0.29) is 6.42 Å². The van der Waals surface area contributed by atoms with E-state index in [1.165, 1.54) is 0 Å². The summed E-state index contributed by atoms with van der Waals surface area (Å²) in [5.41, 5.74) is -2.39. The molecule has 0 aliphatic carbocycles. The van der Waals surface area contributed by atoms with Crippen LogP contribution in [0.1, 0.15) is 6.42 Å². The third-order valence-corrected chi connectivity index (χ3v) is 8.31. The van der Waals surface area contributed by atoms with Gasteiger partial charge in [-0.05, 0) is 13.3 Å². The molecule has 3 atom stereocenters. The average Bonchev–Trinajstić information content (AvgIpc) is 1.82. The minimum absolute atomic E-state index is 0.0775. The van der Waals surface area contributed by atoms with Gasteiger partial charge in [0, 0.05) is 6.42 Å². The Balaban J connectivity index is 2.62.